The third-order valence-corrected chi connectivity index (χ3v) is 2.20. The summed E-state index contributed by atoms with van der Waals surface area (Å²) in [4.78, 5) is 4.34. The van der Waals surface area contributed by atoms with E-state index in [1.165, 1.54) is 5.56 Å². The largest absolute Gasteiger partial charge is 0.369 e. The van der Waals surface area contributed by atoms with Gasteiger partial charge in [0.25, 0.3) is 0 Å². The van der Waals surface area contributed by atoms with Crippen molar-refractivity contribution >= 4 is 5.82 Å². The van der Waals surface area contributed by atoms with E-state index in [4.69, 9.17) is 6.42 Å². The van der Waals surface area contributed by atoms with Gasteiger partial charge in [-0.1, -0.05) is 26.8 Å². The number of terminal acetylenes is 1. The number of hydrogen-bond acceptors (Lipinski definition) is 2. The van der Waals surface area contributed by atoms with Crippen LogP contribution in [-0.2, 0) is 5.41 Å². The second-order valence-corrected chi connectivity index (χ2v) is 4.56. The zero-order chi connectivity index (χ0) is 11.3. The summed E-state index contributed by atoms with van der Waals surface area (Å²) in [6.07, 6.45) is 7.80. The predicted molar refractivity (Wildman–Crippen MR) is 64.9 cm³/mol. The van der Waals surface area contributed by atoms with Crippen LogP contribution in [0.25, 0.3) is 0 Å². The van der Waals surface area contributed by atoms with E-state index < -0.39 is 0 Å². The Morgan fingerprint density at radius 1 is 1.40 bits per heavy atom. The molecule has 0 aliphatic heterocycles. The standard InChI is InChI=1S/C13H18N2/c1-5-6-9-14-12-8-7-11(10-15-12)13(2,3)4/h1,7-8,10H,6,9H2,2-4H3,(H,14,15). The van der Waals surface area contributed by atoms with Gasteiger partial charge in [0.05, 0.1) is 0 Å². The number of rotatable bonds is 3. The van der Waals surface area contributed by atoms with Crippen molar-refractivity contribution in [2.45, 2.75) is 32.6 Å². The highest BCUT2D eigenvalue weighted by Crippen LogP contribution is 2.21. The van der Waals surface area contributed by atoms with E-state index in [0.717, 1.165) is 18.8 Å². The number of aromatic nitrogens is 1. The molecule has 0 unspecified atom stereocenters. The maximum absolute atomic E-state index is 5.16. The van der Waals surface area contributed by atoms with Crippen LogP contribution in [0.3, 0.4) is 0 Å². The normalized spacial score (nSPS) is 10.8. The number of nitrogens with zero attached hydrogens (tertiary/aromatic N) is 1. The van der Waals surface area contributed by atoms with Crippen LogP contribution >= 0.6 is 0 Å². The van der Waals surface area contributed by atoms with E-state index in [2.05, 4.69) is 43.1 Å². The third kappa shape index (κ3) is 3.63. The Balaban J connectivity index is 2.61. The van der Waals surface area contributed by atoms with Crippen molar-refractivity contribution in [3.05, 3.63) is 23.9 Å². The summed E-state index contributed by atoms with van der Waals surface area (Å²) in [5.74, 6) is 3.47. The predicted octanol–water partition coefficient (Wildman–Crippen LogP) is 2.81. The quantitative estimate of drug-likeness (QED) is 0.602. The van der Waals surface area contributed by atoms with Crippen molar-refractivity contribution < 1.29 is 0 Å². The molecule has 1 rings (SSSR count). The monoisotopic (exact) mass is 202 g/mol. The van der Waals surface area contributed by atoms with E-state index >= 15 is 0 Å². The van der Waals surface area contributed by atoms with Gasteiger partial charge in [-0.3, -0.25) is 0 Å². The zero-order valence-corrected chi connectivity index (χ0v) is 9.67. The van der Waals surface area contributed by atoms with E-state index in [9.17, 15) is 0 Å². The molecule has 0 radical (unpaired) electrons. The molecule has 0 aromatic carbocycles. The second-order valence-electron chi connectivity index (χ2n) is 4.56. The van der Waals surface area contributed by atoms with Gasteiger partial charge < -0.3 is 5.32 Å². The van der Waals surface area contributed by atoms with E-state index in [1.807, 2.05) is 12.3 Å². The summed E-state index contributed by atoms with van der Waals surface area (Å²) in [5.41, 5.74) is 1.40. The Hall–Kier alpha value is -1.49. The molecule has 0 aliphatic rings. The van der Waals surface area contributed by atoms with Gasteiger partial charge in [0.15, 0.2) is 0 Å². The smallest absolute Gasteiger partial charge is 0.125 e. The lowest BCUT2D eigenvalue weighted by molar-refractivity contribution is 0.587. The molecule has 1 aromatic rings. The van der Waals surface area contributed by atoms with Crippen molar-refractivity contribution in [3.8, 4) is 12.3 Å². The minimum atomic E-state index is 0.157. The van der Waals surface area contributed by atoms with E-state index in [1.54, 1.807) is 0 Å². The second kappa shape index (κ2) is 4.84. The van der Waals surface area contributed by atoms with Crippen LogP contribution in [0.1, 0.15) is 32.8 Å². The molecule has 0 spiro atoms. The highest BCUT2D eigenvalue weighted by molar-refractivity contribution is 5.37. The lowest BCUT2D eigenvalue weighted by atomic mass is 9.88. The molecule has 0 saturated carbocycles. The molecule has 0 bridgehead atoms. The van der Waals surface area contributed by atoms with Crippen LogP contribution in [-0.4, -0.2) is 11.5 Å². The maximum Gasteiger partial charge on any atom is 0.125 e. The fourth-order valence-corrected chi connectivity index (χ4v) is 1.20. The van der Waals surface area contributed by atoms with Crippen LogP contribution in [0.15, 0.2) is 18.3 Å². The minimum absolute atomic E-state index is 0.157. The molecule has 0 atom stereocenters. The van der Waals surface area contributed by atoms with Gasteiger partial charge in [0.2, 0.25) is 0 Å². The van der Waals surface area contributed by atoms with E-state index in [0.29, 0.717) is 0 Å². The van der Waals surface area contributed by atoms with Crippen molar-refractivity contribution in [2.24, 2.45) is 0 Å². The first-order chi connectivity index (χ1) is 7.04. The van der Waals surface area contributed by atoms with Crippen molar-refractivity contribution in [2.75, 3.05) is 11.9 Å². The molecule has 0 aliphatic carbocycles. The topological polar surface area (TPSA) is 24.9 Å². The number of hydrogen-bond donors (Lipinski definition) is 1. The third-order valence-electron chi connectivity index (χ3n) is 2.20. The Bertz CT molecular complexity index is 338. The summed E-state index contributed by atoms with van der Waals surface area (Å²) in [7, 11) is 0. The van der Waals surface area contributed by atoms with Crippen LogP contribution in [0.4, 0.5) is 5.82 Å². The summed E-state index contributed by atoms with van der Waals surface area (Å²) in [6, 6.07) is 4.10. The van der Waals surface area contributed by atoms with Crippen LogP contribution < -0.4 is 5.32 Å². The summed E-state index contributed by atoms with van der Waals surface area (Å²) < 4.78 is 0. The molecule has 15 heavy (non-hydrogen) atoms. The lowest BCUT2D eigenvalue weighted by Gasteiger charge is -2.18. The fraction of sp³-hybridized carbons (Fsp3) is 0.462. The first-order valence-electron chi connectivity index (χ1n) is 5.18. The molecule has 2 heteroatoms. The van der Waals surface area contributed by atoms with E-state index in [-0.39, 0.29) is 5.41 Å². The molecular weight excluding hydrogens is 184 g/mol. The van der Waals surface area contributed by atoms with Gasteiger partial charge in [0.1, 0.15) is 5.82 Å². The summed E-state index contributed by atoms with van der Waals surface area (Å²) >= 11 is 0. The lowest BCUT2D eigenvalue weighted by Crippen LogP contribution is -2.12. The average molecular weight is 202 g/mol. The SMILES string of the molecule is C#CCCNc1ccc(C(C)(C)C)cn1. The van der Waals surface area contributed by atoms with Gasteiger partial charge in [-0.15, -0.1) is 12.3 Å². The molecule has 1 N–H and O–H groups in total. The van der Waals surface area contributed by atoms with Crippen LogP contribution in [0.2, 0.25) is 0 Å². The number of anilines is 1. The zero-order valence-electron chi connectivity index (χ0n) is 9.67. The highest BCUT2D eigenvalue weighted by atomic mass is 15.0. The molecule has 80 valence electrons. The molecule has 0 saturated heterocycles. The summed E-state index contributed by atoms with van der Waals surface area (Å²) in [5, 5.41) is 3.17. The highest BCUT2D eigenvalue weighted by Gasteiger charge is 2.13. The van der Waals surface area contributed by atoms with Gasteiger partial charge >= 0.3 is 0 Å². The van der Waals surface area contributed by atoms with Crippen molar-refractivity contribution in [3.63, 3.8) is 0 Å². The maximum atomic E-state index is 5.16. The van der Waals surface area contributed by atoms with Gasteiger partial charge in [-0.05, 0) is 17.0 Å². The van der Waals surface area contributed by atoms with Crippen molar-refractivity contribution in [1.82, 2.24) is 4.98 Å². The first kappa shape index (κ1) is 11.6. The first-order valence-corrected chi connectivity index (χ1v) is 5.18. The molecule has 0 fully saturated rings. The number of pyridine rings is 1. The molecular formula is C13H18N2. The Labute approximate surface area is 92.1 Å². The fourth-order valence-electron chi connectivity index (χ4n) is 1.20. The molecule has 1 aromatic heterocycles. The van der Waals surface area contributed by atoms with Crippen LogP contribution in [0, 0.1) is 12.3 Å². The molecule has 0 amide bonds. The Morgan fingerprint density at radius 3 is 2.60 bits per heavy atom. The molecule has 1 heterocycles. The number of nitrogens with one attached hydrogen (secondary N) is 1. The van der Waals surface area contributed by atoms with Gasteiger partial charge in [0, 0.05) is 19.2 Å². The Kier molecular flexibility index (Phi) is 3.74. The Morgan fingerprint density at radius 2 is 2.13 bits per heavy atom. The van der Waals surface area contributed by atoms with Crippen LogP contribution in [0.5, 0.6) is 0 Å². The average Bonchev–Trinajstić information content (AvgIpc) is 2.18. The van der Waals surface area contributed by atoms with Gasteiger partial charge in [-0.2, -0.15) is 0 Å². The molecule has 2 nitrogen and oxygen atoms in total. The van der Waals surface area contributed by atoms with Gasteiger partial charge in [-0.25, -0.2) is 4.98 Å². The minimum Gasteiger partial charge on any atom is -0.369 e. The summed E-state index contributed by atoms with van der Waals surface area (Å²) in [6.45, 7) is 7.30. The van der Waals surface area contributed by atoms with Crippen molar-refractivity contribution in [1.29, 1.82) is 0 Å².